The third-order valence-corrected chi connectivity index (χ3v) is 4.21. The Labute approximate surface area is 142 Å². The Morgan fingerprint density at radius 3 is 2.25 bits per heavy atom. The zero-order chi connectivity index (χ0) is 17.0. The van der Waals surface area contributed by atoms with E-state index in [0.29, 0.717) is 12.2 Å². The molecule has 0 amide bonds. The predicted molar refractivity (Wildman–Crippen MR) is 96.5 cm³/mol. The molecule has 1 aliphatic rings. The molecular weight excluding hydrogens is 301 g/mol. The van der Waals surface area contributed by atoms with Crippen molar-refractivity contribution in [2.75, 3.05) is 6.61 Å². The highest BCUT2D eigenvalue weighted by Crippen LogP contribution is 2.31. The van der Waals surface area contributed by atoms with Crippen molar-refractivity contribution in [1.82, 2.24) is 5.32 Å². The Morgan fingerprint density at radius 2 is 1.71 bits per heavy atom. The number of rotatable bonds is 5. The van der Waals surface area contributed by atoms with Gasteiger partial charge >= 0.3 is 0 Å². The lowest BCUT2D eigenvalue weighted by Gasteiger charge is -2.26. The minimum Gasteiger partial charge on any atom is -0.494 e. The number of benzene rings is 2. The Kier molecular flexibility index (Phi) is 4.70. The van der Waals surface area contributed by atoms with Crippen LogP contribution in [0, 0.1) is 0 Å². The minimum atomic E-state index is -1.67. The van der Waals surface area contributed by atoms with E-state index in [2.05, 4.69) is 12.2 Å². The summed E-state index contributed by atoms with van der Waals surface area (Å²) >= 11 is 0. The summed E-state index contributed by atoms with van der Waals surface area (Å²) < 4.78 is 20.6. The van der Waals surface area contributed by atoms with Gasteiger partial charge in [-0.05, 0) is 48.3 Å². The monoisotopic (exact) mass is 323 g/mol. The number of dihydropyridines is 1. The van der Waals surface area contributed by atoms with Gasteiger partial charge in [-0.25, -0.2) is 4.39 Å². The highest BCUT2D eigenvalue weighted by molar-refractivity contribution is 5.75. The summed E-state index contributed by atoms with van der Waals surface area (Å²) in [6.45, 7) is 4.69. The SMILES string of the molecule is CCOc1ccc(C2=CNC(F)(c3ccc(CC)cc3)C=C2)cc1. The molecule has 0 radical (unpaired) electrons. The van der Waals surface area contributed by atoms with Crippen LogP contribution < -0.4 is 10.1 Å². The van der Waals surface area contributed by atoms with Crippen molar-refractivity contribution < 1.29 is 9.13 Å². The molecule has 1 atom stereocenters. The zero-order valence-corrected chi connectivity index (χ0v) is 14.1. The first-order chi connectivity index (χ1) is 11.6. The average molecular weight is 323 g/mol. The van der Waals surface area contributed by atoms with E-state index in [-0.39, 0.29) is 0 Å². The van der Waals surface area contributed by atoms with Crippen LogP contribution in [-0.2, 0) is 12.2 Å². The van der Waals surface area contributed by atoms with E-state index in [0.717, 1.165) is 23.3 Å². The van der Waals surface area contributed by atoms with E-state index in [9.17, 15) is 0 Å². The maximum absolute atomic E-state index is 15.1. The van der Waals surface area contributed by atoms with E-state index in [1.807, 2.05) is 61.5 Å². The van der Waals surface area contributed by atoms with Crippen molar-refractivity contribution in [3.05, 3.63) is 83.6 Å². The molecule has 0 saturated heterocycles. The largest absolute Gasteiger partial charge is 0.494 e. The number of hydrogen-bond acceptors (Lipinski definition) is 2. The lowest BCUT2D eigenvalue weighted by molar-refractivity contribution is 0.200. The zero-order valence-electron chi connectivity index (χ0n) is 14.1. The van der Waals surface area contributed by atoms with Crippen LogP contribution in [0.1, 0.15) is 30.5 Å². The minimum absolute atomic E-state index is 0.609. The fourth-order valence-electron chi connectivity index (χ4n) is 2.74. The lowest BCUT2D eigenvalue weighted by atomic mass is 9.96. The molecule has 1 aliphatic heterocycles. The van der Waals surface area contributed by atoms with Crippen molar-refractivity contribution in [2.45, 2.75) is 26.1 Å². The molecule has 2 aromatic carbocycles. The average Bonchev–Trinajstić information content (AvgIpc) is 2.63. The number of aryl methyl sites for hydroxylation is 1. The molecule has 1 N–H and O–H groups in total. The molecule has 0 aromatic heterocycles. The number of ether oxygens (including phenoxy) is 1. The second kappa shape index (κ2) is 6.91. The molecule has 3 rings (SSSR count). The van der Waals surface area contributed by atoms with Crippen molar-refractivity contribution >= 4 is 5.57 Å². The molecule has 2 nitrogen and oxygen atoms in total. The lowest BCUT2D eigenvalue weighted by Crippen LogP contribution is -2.34. The van der Waals surface area contributed by atoms with Crippen molar-refractivity contribution in [2.24, 2.45) is 0 Å². The van der Waals surface area contributed by atoms with E-state index in [1.165, 1.54) is 5.56 Å². The molecule has 0 saturated carbocycles. The van der Waals surface area contributed by atoms with Crippen molar-refractivity contribution in [1.29, 1.82) is 0 Å². The summed E-state index contributed by atoms with van der Waals surface area (Å²) in [7, 11) is 0. The van der Waals surface area contributed by atoms with E-state index in [4.69, 9.17) is 4.74 Å². The van der Waals surface area contributed by atoms with Crippen LogP contribution in [0.4, 0.5) is 4.39 Å². The normalized spacial score (nSPS) is 19.5. The number of alkyl halides is 1. The van der Waals surface area contributed by atoms with Gasteiger partial charge in [-0.1, -0.05) is 49.4 Å². The van der Waals surface area contributed by atoms with E-state index < -0.39 is 5.79 Å². The first-order valence-electron chi connectivity index (χ1n) is 8.33. The van der Waals surface area contributed by atoms with Crippen LogP contribution in [0.5, 0.6) is 5.75 Å². The fraction of sp³-hybridized carbons (Fsp3) is 0.238. The maximum atomic E-state index is 15.1. The topological polar surface area (TPSA) is 21.3 Å². The smallest absolute Gasteiger partial charge is 0.225 e. The van der Waals surface area contributed by atoms with E-state index in [1.54, 1.807) is 12.3 Å². The second-order valence-corrected chi connectivity index (χ2v) is 5.80. The van der Waals surface area contributed by atoms with Gasteiger partial charge in [0.15, 0.2) is 0 Å². The molecule has 0 fully saturated rings. The third kappa shape index (κ3) is 3.35. The summed E-state index contributed by atoms with van der Waals surface area (Å²) in [4.78, 5) is 0. The number of halogens is 1. The van der Waals surface area contributed by atoms with Gasteiger partial charge in [0.25, 0.3) is 0 Å². The van der Waals surface area contributed by atoms with Gasteiger partial charge in [0, 0.05) is 11.8 Å². The second-order valence-electron chi connectivity index (χ2n) is 5.80. The number of hydrogen-bond donors (Lipinski definition) is 1. The van der Waals surface area contributed by atoms with Crippen LogP contribution in [0.2, 0.25) is 0 Å². The predicted octanol–water partition coefficient (Wildman–Crippen LogP) is 4.97. The number of nitrogens with one attached hydrogen (secondary N) is 1. The molecule has 0 aliphatic carbocycles. The van der Waals surface area contributed by atoms with Crippen LogP contribution in [0.3, 0.4) is 0 Å². The standard InChI is InChI=1S/C21H22FNO/c1-3-16-5-9-19(10-6-16)21(22)14-13-18(15-23-21)17-7-11-20(12-8-17)24-4-2/h5-15,23H,3-4H2,1-2H3. The third-order valence-electron chi connectivity index (χ3n) is 4.21. The van der Waals surface area contributed by atoms with Crippen LogP contribution in [-0.4, -0.2) is 6.61 Å². The Hall–Kier alpha value is -2.55. The maximum Gasteiger partial charge on any atom is 0.225 e. The highest BCUT2D eigenvalue weighted by Gasteiger charge is 2.29. The Morgan fingerprint density at radius 1 is 1.00 bits per heavy atom. The summed E-state index contributed by atoms with van der Waals surface area (Å²) in [6, 6.07) is 15.4. The fourth-order valence-corrected chi connectivity index (χ4v) is 2.74. The summed E-state index contributed by atoms with van der Waals surface area (Å²) in [5.74, 6) is -0.827. The quantitative estimate of drug-likeness (QED) is 0.784. The first kappa shape index (κ1) is 16.3. The first-order valence-corrected chi connectivity index (χ1v) is 8.33. The molecule has 1 heterocycles. The molecule has 0 spiro atoms. The number of allylic oxidation sites excluding steroid dienone is 2. The van der Waals surface area contributed by atoms with Gasteiger partial charge in [-0.3, -0.25) is 0 Å². The molecule has 0 bridgehead atoms. The molecule has 2 aromatic rings. The van der Waals surface area contributed by atoms with Gasteiger partial charge in [0.05, 0.1) is 6.61 Å². The molecule has 24 heavy (non-hydrogen) atoms. The van der Waals surface area contributed by atoms with Gasteiger partial charge in [-0.15, -0.1) is 0 Å². The summed E-state index contributed by atoms with van der Waals surface area (Å²) in [6.07, 6.45) is 6.06. The highest BCUT2D eigenvalue weighted by atomic mass is 19.1. The van der Waals surface area contributed by atoms with Crippen LogP contribution >= 0.6 is 0 Å². The van der Waals surface area contributed by atoms with Gasteiger partial charge in [0.1, 0.15) is 5.75 Å². The molecule has 124 valence electrons. The molecular formula is C21H22FNO. The van der Waals surface area contributed by atoms with Gasteiger partial charge in [-0.2, -0.15) is 0 Å². The van der Waals surface area contributed by atoms with Gasteiger partial charge in [0.2, 0.25) is 5.79 Å². The summed E-state index contributed by atoms with van der Waals surface area (Å²) in [5.41, 5.74) is 3.77. The molecule has 1 unspecified atom stereocenters. The van der Waals surface area contributed by atoms with Crippen molar-refractivity contribution in [3.8, 4) is 5.75 Å². The Bertz CT molecular complexity index is 746. The van der Waals surface area contributed by atoms with Crippen molar-refractivity contribution in [3.63, 3.8) is 0 Å². The van der Waals surface area contributed by atoms with E-state index >= 15 is 4.39 Å². The van der Waals surface area contributed by atoms with Crippen LogP contribution in [0.25, 0.3) is 5.57 Å². The van der Waals surface area contributed by atoms with Gasteiger partial charge < -0.3 is 10.1 Å². The molecule has 3 heteroatoms. The Balaban J connectivity index is 1.76. The van der Waals surface area contributed by atoms with Crippen LogP contribution in [0.15, 0.2) is 66.9 Å². The summed E-state index contributed by atoms with van der Waals surface area (Å²) in [5, 5.41) is 2.89.